The number of nitrogens with zero attached hydrogens (tertiary/aromatic N) is 3. The lowest BCUT2D eigenvalue weighted by Gasteiger charge is -2.41. The van der Waals surface area contributed by atoms with Crippen molar-refractivity contribution in [2.45, 2.75) is 31.5 Å². The normalized spacial score (nSPS) is 26.2. The van der Waals surface area contributed by atoms with Crippen molar-refractivity contribution in [3.05, 3.63) is 65.5 Å². The van der Waals surface area contributed by atoms with E-state index in [2.05, 4.69) is 46.0 Å². The summed E-state index contributed by atoms with van der Waals surface area (Å²) in [7, 11) is 0. The van der Waals surface area contributed by atoms with Crippen molar-refractivity contribution in [3.63, 3.8) is 0 Å². The smallest absolute Gasteiger partial charge is 0.0951 e. The molecule has 0 radical (unpaired) electrons. The fraction of sp³-hybridized carbons (Fsp3) is 0.450. The van der Waals surface area contributed by atoms with Gasteiger partial charge in [0.05, 0.1) is 6.10 Å². The van der Waals surface area contributed by atoms with Crippen LogP contribution in [0.3, 0.4) is 0 Å². The molecule has 4 nitrogen and oxygen atoms in total. The molecule has 1 aliphatic carbocycles. The van der Waals surface area contributed by atoms with E-state index in [4.69, 9.17) is 0 Å². The summed E-state index contributed by atoms with van der Waals surface area (Å²) in [6.07, 6.45) is 4.42. The number of rotatable bonds is 3. The second kappa shape index (κ2) is 6.63. The highest BCUT2D eigenvalue weighted by Gasteiger charge is 2.36. The fourth-order valence-electron chi connectivity index (χ4n) is 4.17. The first-order valence-corrected chi connectivity index (χ1v) is 8.88. The molecule has 0 amide bonds. The van der Waals surface area contributed by atoms with Gasteiger partial charge in [0.15, 0.2) is 0 Å². The minimum absolute atomic E-state index is 0.234. The van der Waals surface area contributed by atoms with E-state index in [1.54, 1.807) is 0 Å². The summed E-state index contributed by atoms with van der Waals surface area (Å²) in [6.45, 7) is 6.36. The van der Waals surface area contributed by atoms with Crippen LogP contribution in [0.1, 0.15) is 35.8 Å². The molecular formula is C20H25N3O. The minimum Gasteiger partial charge on any atom is -0.387 e. The third-order valence-corrected chi connectivity index (χ3v) is 5.70. The lowest BCUT2D eigenvalue weighted by Crippen LogP contribution is -2.51. The number of benzene rings is 1. The van der Waals surface area contributed by atoms with Gasteiger partial charge < -0.3 is 5.11 Å². The van der Waals surface area contributed by atoms with E-state index >= 15 is 0 Å². The topological polar surface area (TPSA) is 39.6 Å². The van der Waals surface area contributed by atoms with Crippen LogP contribution in [0.25, 0.3) is 0 Å². The summed E-state index contributed by atoms with van der Waals surface area (Å²) in [4.78, 5) is 9.23. The third-order valence-electron chi connectivity index (χ3n) is 5.70. The maximum absolute atomic E-state index is 10.7. The lowest BCUT2D eigenvalue weighted by molar-refractivity contribution is 0.0184. The highest BCUT2D eigenvalue weighted by molar-refractivity contribution is 5.36. The number of aliphatic hydroxyl groups excluding tert-OH is 1. The number of hydrogen-bond acceptors (Lipinski definition) is 4. The Morgan fingerprint density at radius 2 is 1.88 bits per heavy atom. The number of pyridine rings is 1. The standard InChI is InChI=1S/C20H25N3O/c1-15(17-6-4-8-21-14-17)22-9-11-23(12-10-22)19-13-16-5-2-3-7-18(16)20(19)24/h2-8,14-15,19-20,24H,9-13H2,1H3/t15-,19+,20+/m1/s1. The number of fused-ring (bicyclic) bond motifs is 1. The SMILES string of the molecule is C[C@H](c1cccnc1)N1CCN([C@H]2Cc3ccccc3[C@@H]2O)CC1. The fourth-order valence-corrected chi connectivity index (χ4v) is 4.17. The lowest BCUT2D eigenvalue weighted by atomic mass is 10.1. The summed E-state index contributed by atoms with van der Waals surface area (Å²) in [6, 6.07) is 13.1. The molecule has 2 heterocycles. The maximum Gasteiger partial charge on any atom is 0.0951 e. The molecule has 0 spiro atoms. The quantitative estimate of drug-likeness (QED) is 0.942. The van der Waals surface area contributed by atoms with Crippen molar-refractivity contribution < 1.29 is 5.11 Å². The van der Waals surface area contributed by atoms with Crippen LogP contribution in [0.4, 0.5) is 0 Å². The van der Waals surface area contributed by atoms with Crippen molar-refractivity contribution in [2.24, 2.45) is 0 Å². The second-order valence-corrected chi connectivity index (χ2v) is 6.95. The molecule has 24 heavy (non-hydrogen) atoms. The van der Waals surface area contributed by atoms with Crippen LogP contribution in [0.15, 0.2) is 48.8 Å². The monoisotopic (exact) mass is 323 g/mol. The van der Waals surface area contributed by atoms with Crippen LogP contribution in [0.5, 0.6) is 0 Å². The molecule has 0 bridgehead atoms. The molecule has 1 saturated heterocycles. The Hall–Kier alpha value is -1.75. The van der Waals surface area contributed by atoms with Crippen LogP contribution < -0.4 is 0 Å². The summed E-state index contributed by atoms with van der Waals surface area (Å²) in [5.74, 6) is 0. The second-order valence-electron chi connectivity index (χ2n) is 6.95. The van der Waals surface area contributed by atoms with Gasteiger partial charge in [-0.15, -0.1) is 0 Å². The Morgan fingerprint density at radius 3 is 2.58 bits per heavy atom. The van der Waals surface area contributed by atoms with Gasteiger partial charge >= 0.3 is 0 Å². The zero-order valence-electron chi connectivity index (χ0n) is 14.2. The third kappa shape index (κ3) is 2.86. The molecule has 0 saturated carbocycles. The predicted octanol–water partition coefficient (Wildman–Crippen LogP) is 2.42. The molecule has 126 valence electrons. The van der Waals surface area contributed by atoms with Crippen LogP contribution >= 0.6 is 0 Å². The first kappa shape index (κ1) is 15.8. The average Bonchev–Trinajstić information content (AvgIpc) is 2.99. The minimum atomic E-state index is -0.344. The Kier molecular flexibility index (Phi) is 4.35. The summed E-state index contributed by atoms with van der Waals surface area (Å²) < 4.78 is 0. The van der Waals surface area contributed by atoms with Crippen molar-refractivity contribution >= 4 is 0 Å². The Bertz CT molecular complexity index is 682. The van der Waals surface area contributed by atoms with Crippen LogP contribution in [0, 0.1) is 0 Å². The zero-order valence-corrected chi connectivity index (χ0v) is 14.2. The largest absolute Gasteiger partial charge is 0.387 e. The molecule has 0 unspecified atom stereocenters. The molecule has 1 aromatic heterocycles. The van der Waals surface area contributed by atoms with Gasteiger partial charge in [-0.1, -0.05) is 30.3 Å². The first-order valence-electron chi connectivity index (χ1n) is 8.88. The van der Waals surface area contributed by atoms with Crippen molar-refractivity contribution in [1.82, 2.24) is 14.8 Å². The summed E-state index contributed by atoms with van der Waals surface area (Å²) in [5, 5.41) is 10.7. The van der Waals surface area contributed by atoms with E-state index in [1.165, 1.54) is 11.1 Å². The number of hydrogen-bond donors (Lipinski definition) is 1. The molecule has 1 aliphatic heterocycles. The van der Waals surface area contributed by atoms with Gasteiger partial charge in [-0.25, -0.2) is 0 Å². The molecule has 4 rings (SSSR count). The molecular weight excluding hydrogens is 298 g/mol. The van der Waals surface area contributed by atoms with Gasteiger partial charge in [-0.3, -0.25) is 14.8 Å². The van der Waals surface area contributed by atoms with Crippen LogP contribution in [-0.2, 0) is 6.42 Å². The number of piperazine rings is 1. The predicted molar refractivity (Wildman–Crippen MR) is 94.7 cm³/mol. The molecule has 3 atom stereocenters. The van der Waals surface area contributed by atoms with E-state index in [9.17, 15) is 5.11 Å². The van der Waals surface area contributed by atoms with E-state index < -0.39 is 0 Å². The molecule has 1 N–H and O–H groups in total. The summed E-state index contributed by atoms with van der Waals surface area (Å²) >= 11 is 0. The Balaban J connectivity index is 1.39. The molecule has 2 aliphatic rings. The van der Waals surface area contributed by atoms with Crippen molar-refractivity contribution in [3.8, 4) is 0 Å². The molecule has 1 aromatic carbocycles. The molecule has 4 heteroatoms. The van der Waals surface area contributed by atoms with E-state index in [-0.39, 0.29) is 12.1 Å². The summed E-state index contributed by atoms with van der Waals surface area (Å²) in [5.41, 5.74) is 3.70. The Morgan fingerprint density at radius 1 is 1.08 bits per heavy atom. The van der Waals surface area contributed by atoms with Gasteiger partial charge in [-0.2, -0.15) is 0 Å². The van der Waals surface area contributed by atoms with Gasteiger partial charge in [0.2, 0.25) is 0 Å². The van der Waals surface area contributed by atoms with Crippen LogP contribution in [-0.4, -0.2) is 52.1 Å². The van der Waals surface area contributed by atoms with Crippen molar-refractivity contribution in [1.29, 1.82) is 0 Å². The highest BCUT2D eigenvalue weighted by Crippen LogP contribution is 2.35. The average molecular weight is 323 g/mol. The van der Waals surface area contributed by atoms with Gasteiger partial charge in [0.1, 0.15) is 0 Å². The molecule has 2 aromatic rings. The van der Waals surface area contributed by atoms with Gasteiger partial charge in [0, 0.05) is 50.7 Å². The van der Waals surface area contributed by atoms with Crippen molar-refractivity contribution in [2.75, 3.05) is 26.2 Å². The van der Waals surface area contributed by atoms with E-state index in [0.717, 1.165) is 38.2 Å². The van der Waals surface area contributed by atoms with Gasteiger partial charge in [-0.05, 0) is 36.1 Å². The maximum atomic E-state index is 10.7. The zero-order chi connectivity index (χ0) is 16.5. The Labute approximate surface area is 143 Å². The first-order chi connectivity index (χ1) is 11.7. The molecule has 1 fully saturated rings. The number of aromatic nitrogens is 1. The van der Waals surface area contributed by atoms with Crippen LogP contribution in [0.2, 0.25) is 0 Å². The van der Waals surface area contributed by atoms with E-state index in [1.807, 2.05) is 24.5 Å². The highest BCUT2D eigenvalue weighted by atomic mass is 16.3. The number of aliphatic hydroxyl groups is 1. The van der Waals surface area contributed by atoms with E-state index in [0.29, 0.717) is 6.04 Å². The van der Waals surface area contributed by atoms with Gasteiger partial charge in [0.25, 0.3) is 0 Å².